The lowest BCUT2D eigenvalue weighted by Gasteiger charge is -2.42. The van der Waals surface area contributed by atoms with E-state index < -0.39 is 0 Å². The van der Waals surface area contributed by atoms with E-state index in [1.165, 1.54) is 0 Å². The molecule has 0 amide bonds. The minimum atomic E-state index is 0.00685. The highest BCUT2D eigenvalue weighted by Gasteiger charge is 2.30. The molecule has 0 unspecified atom stereocenters. The minimum Gasteiger partial charge on any atom is -0.378 e. The molecule has 0 aliphatic carbocycles. The molecule has 16 heavy (non-hydrogen) atoms. The summed E-state index contributed by atoms with van der Waals surface area (Å²) in [6.07, 6.45) is 2.00. The van der Waals surface area contributed by atoms with E-state index in [1.54, 1.807) is 0 Å². The Morgan fingerprint density at radius 3 is 2.62 bits per heavy atom. The van der Waals surface area contributed by atoms with Crippen molar-refractivity contribution in [2.24, 2.45) is 0 Å². The molecule has 0 radical (unpaired) electrons. The standard InChI is InChI=1S/C12H23NO3/c1-12(2)10-14-9-6-13(12)5-4-11-15-7-3-8-16-11/h11H,3-10H2,1-2H3. The van der Waals surface area contributed by atoms with Crippen molar-refractivity contribution in [3.63, 3.8) is 0 Å². The van der Waals surface area contributed by atoms with Crippen LogP contribution in [0, 0.1) is 0 Å². The topological polar surface area (TPSA) is 30.9 Å². The summed E-state index contributed by atoms with van der Waals surface area (Å²) in [5, 5.41) is 0. The zero-order valence-electron chi connectivity index (χ0n) is 10.4. The Hall–Kier alpha value is -0.160. The molecule has 0 spiro atoms. The normalized spacial score (nSPS) is 28.1. The fourth-order valence-electron chi connectivity index (χ4n) is 2.27. The van der Waals surface area contributed by atoms with Crippen LogP contribution in [0.1, 0.15) is 26.7 Å². The maximum absolute atomic E-state index is 5.56. The summed E-state index contributed by atoms with van der Waals surface area (Å²) in [6, 6.07) is 0. The van der Waals surface area contributed by atoms with Gasteiger partial charge in [-0.2, -0.15) is 0 Å². The van der Waals surface area contributed by atoms with Gasteiger partial charge in [0.1, 0.15) is 0 Å². The monoisotopic (exact) mass is 229 g/mol. The molecular formula is C12H23NO3. The van der Waals surface area contributed by atoms with Crippen molar-refractivity contribution in [2.75, 3.05) is 39.5 Å². The average Bonchev–Trinajstić information content (AvgIpc) is 2.28. The molecule has 2 saturated heterocycles. The summed E-state index contributed by atoms with van der Waals surface area (Å²) in [7, 11) is 0. The summed E-state index contributed by atoms with van der Waals surface area (Å²) in [6.45, 7) is 9.85. The van der Waals surface area contributed by atoms with Gasteiger partial charge < -0.3 is 14.2 Å². The number of nitrogens with zero attached hydrogens (tertiary/aromatic N) is 1. The second-order valence-corrected chi connectivity index (χ2v) is 5.17. The van der Waals surface area contributed by atoms with Crippen LogP contribution in [-0.4, -0.2) is 56.2 Å². The molecule has 4 heteroatoms. The van der Waals surface area contributed by atoms with Crippen molar-refractivity contribution >= 4 is 0 Å². The number of hydrogen-bond donors (Lipinski definition) is 0. The predicted molar refractivity (Wildman–Crippen MR) is 61.4 cm³/mol. The van der Waals surface area contributed by atoms with Gasteiger partial charge in [-0.1, -0.05) is 0 Å². The van der Waals surface area contributed by atoms with Gasteiger partial charge in [0.25, 0.3) is 0 Å². The molecular weight excluding hydrogens is 206 g/mol. The van der Waals surface area contributed by atoms with E-state index in [0.29, 0.717) is 0 Å². The highest BCUT2D eigenvalue weighted by atomic mass is 16.7. The first kappa shape index (κ1) is 12.3. The Kier molecular flexibility index (Phi) is 4.19. The van der Waals surface area contributed by atoms with Gasteiger partial charge in [0.05, 0.1) is 26.4 Å². The van der Waals surface area contributed by atoms with Gasteiger partial charge in [0.15, 0.2) is 6.29 Å². The molecule has 4 nitrogen and oxygen atoms in total. The Bertz CT molecular complexity index is 214. The van der Waals surface area contributed by atoms with E-state index in [9.17, 15) is 0 Å². The minimum absolute atomic E-state index is 0.00685. The molecule has 2 aliphatic heterocycles. The molecule has 0 saturated carbocycles. The van der Waals surface area contributed by atoms with Crippen LogP contribution in [0.25, 0.3) is 0 Å². The van der Waals surface area contributed by atoms with Crippen LogP contribution in [0.5, 0.6) is 0 Å². The van der Waals surface area contributed by atoms with Gasteiger partial charge in [0.2, 0.25) is 0 Å². The molecule has 0 N–H and O–H groups in total. The van der Waals surface area contributed by atoms with E-state index in [2.05, 4.69) is 18.7 Å². The molecule has 0 aromatic carbocycles. The van der Waals surface area contributed by atoms with E-state index >= 15 is 0 Å². The number of hydrogen-bond acceptors (Lipinski definition) is 4. The third-order valence-electron chi connectivity index (χ3n) is 3.35. The zero-order valence-corrected chi connectivity index (χ0v) is 10.4. The summed E-state index contributed by atoms with van der Waals surface area (Å²) in [4.78, 5) is 2.47. The van der Waals surface area contributed by atoms with Crippen LogP contribution in [0.4, 0.5) is 0 Å². The van der Waals surface area contributed by atoms with Crippen molar-refractivity contribution in [1.82, 2.24) is 4.90 Å². The lowest BCUT2D eigenvalue weighted by molar-refractivity contribution is -0.185. The van der Waals surface area contributed by atoms with Gasteiger partial charge in [-0.3, -0.25) is 4.90 Å². The molecule has 2 fully saturated rings. The SMILES string of the molecule is CC1(C)COCCN1CCC1OCCCO1. The largest absolute Gasteiger partial charge is 0.378 e. The molecule has 0 bridgehead atoms. The van der Waals surface area contributed by atoms with Crippen LogP contribution < -0.4 is 0 Å². The van der Waals surface area contributed by atoms with Crippen molar-refractivity contribution in [2.45, 2.75) is 38.5 Å². The second-order valence-electron chi connectivity index (χ2n) is 5.17. The zero-order chi connectivity index (χ0) is 11.4. The second kappa shape index (κ2) is 5.45. The fraction of sp³-hybridized carbons (Fsp3) is 1.00. The summed E-state index contributed by atoms with van der Waals surface area (Å²) in [5.74, 6) is 0. The Morgan fingerprint density at radius 2 is 1.94 bits per heavy atom. The molecule has 2 heterocycles. The lowest BCUT2D eigenvalue weighted by Crippen LogP contribution is -2.53. The molecule has 0 atom stereocenters. The van der Waals surface area contributed by atoms with Gasteiger partial charge in [-0.05, 0) is 20.3 Å². The maximum Gasteiger partial charge on any atom is 0.158 e. The summed E-state index contributed by atoms with van der Waals surface area (Å²) in [5.41, 5.74) is 0.146. The van der Waals surface area contributed by atoms with E-state index in [0.717, 1.165) is 52.4 Å². The molecule has 94 valence electrons. The predicted octanol–water partition coefficient (Wildman–Crippen LogP) is 1.25. The number of rotatable bonds is 3. The summed E-state index contributed by atoms with van der Waals surface area (Å²) < 4.78 is 16.6. The van der Waals surface area contributed by atoms with Gasteiger partial charge >= 0.3 is 0 Å². The average molecular weight is 229 g/mol. The Morgan fingerprint density at radius 1 is 1.19 bits per heavy atom. The molecule has 0 aromatic rings. The van der Waals surface area contributed by atoms with Crippen LogP contribution in [0.2, 0.25) is 0 Å². The molecule has 2 aliphatic rings. The van der Waals surface area contributed by atoms with Crippen molar-refractivity contribution in [3.8, 4) is 0 Å². The van der Waals surface area contributed by atoms with Gasteiger partial charge in [0, 0.05) is 25.0 Å². The third-order valence-corrected chi connectivity index (χ3v) is 3.35. The van der Waals surface area contributed by atoms with Crippen LogP contribution in [0.3, 0.4) is 0 Å². The van der Waals surface area contributed by atoms with Crippen LogP contribution in [0.15, 0.2) is 0 Å². The summed E-state index contributed by atoms with van der Waals surface area (Å²) >= 11 is 0. The highest BCUT2D eigenvalue weighted by Crippen LogP contribution is 2.20. The first-order chi connectivity index (χ1) is 7.68. The van der Waals surface area contributed by atoms with E-state index in [1.807, 2.05) is 0 Å². The maximum atomic E-state index is 5.56. The van der Waals surface area contributed by atoms with Crippen molar-refractivity contribution < 1.29 is 14.2 Å². The molecule has 0 aromatic heterocycles. The van der Waals surface area contributed by atoms with Gasteiger partial charge in [-0.15, -0.1) is 0 Å². The fourth-order valence-corrected chi connectivity index (χ4v) is 2.27. The number of morpholine rings is 1. The highest BCUT2D eigenvalue weighted by molar-refractivity contribution is 4.84. The van der Waals surface area contributed by atoms with E-state index in [-0.39, 0.29) is 11.8 Å². The number of ether oxygens (including phenoxy) is 3. The first-order valence-electron chi connectivity index (χ1n) is 6.24. The van der Waals surface area contributed by atoms with Crippen LogP contribution >= 0.6 is 0 Å². The third kappa shape index (κ3) is 3.17. The Balaban J connectivity index is 1.75. The van der Waals surface area contributed by atoms with Crippen molar-refractivity contribution in [1.29, 1.82) is 0 Å². The lowest BCUT2D eigenvalue weighted by atomic mass is 10.0. The Labute approximate surface area is 97.8 Å². The quantitative estimate of drug-likeness (QED) is 0.729. The van der Waals surface area contributed by atoms with E-state index in [4.69, 9.17) is 14.2 Å². The van der Waals surface area contributed by atoms with Crippen molar-refractivity contribution in [3.05, 3.63) is 0 Å². The van der Waals surface area contributed by atoms with Gasteiger partial charge in [-0.25, -0.2) is 0 Å². The first-order valence-corrected chi connectivity index (χ1v) is 6.24. The van der Waals surface area contributed by atoms with Crippen LogP contribution in [-0.2, 0) is 14.2 Å². The molecule has 2 rings (SSSR count). The smallest absolute Gasteiger partial charge is 0.158 e.